The number of fused-ring (bicyclic) bond motifs is 2. The van der Waals surface area contributed by atoms with Gasteiger partial charge in [0.25, 0.3) is 11.8 Å². The van der Waals surface area contributed by atoms with Crippen LogP contribution in [0.15, 0.2) is 42.5 Å². The van der Waals surface area contributed by atoms with Crippen LogP contribution in [0, 0.1) is 0 Å². The molecule has 1 fully saturated rings. The fraction of sp³-hybridized carbons (Fsp3) is 0.292. The van der Waals surface area contributed by atoms with Gasteiger partial charge in [0.1, 0.15) is 30.2 Å². The quantitative estimate of drug-likeness (QED) is 0.489. The molecule has 12 heteroatoms. The first-order valence-corrected chi connectivity index (χ1v) is 11.3. The topological polar surface area (TPSA) is 149 Å². The fourth-order valence-corrected chi connectivity index (χ4v) is 4.51. The summed E-state index contributed by atoms with van der Waals surface area (Å²) in [4.78, 5) is 51.3. The van der Waals surface area contributed by atoms with E-state index in [0.717, 1.165) is 4.90 Å². The van der Waals surface area contributed by atoms with Crippen molar-refractivity contribution in [2.45, 2.75) is 38.2 Å². The molecule has 0 radical (unpaired) electrons. The van der Waals surface area contributed by atoms with Crippen molar-refractivity contribution >= 4 is 45.9 Å². The molecular formula is C24H23FN6O5. The highest BCUT2D eigenvalue weighted by Gasteiger charge is 2.40. The highest BCUT2D eigenvalue weighted by Crippen LogP contribution is 2.36. The number of halogens is 1. The number of anilines is 2. The molecule has 11 nitrogen and oxygen atoms in total. The number of hydrogen-bond acceptors (Lipinski definition) is 6. The van der Waals surface area contributed by atoms with Crippen molar-refractivity contribution in [1.82, 2.24) is 14.7 Å². The maximum absolute atomic E-state index is 14.4. The third-order valence-electron chi connectivity index (χ3n) is 6.25. The summed E-state index contributed by atoms with van der Waals surface area (Å²) in [6.45, 7) is 1.03. The Kier molecular flexibility index (Phi) is 5.78. The molecule has 186 valence electrons. The summed E-state index contributed by atoms with van der Waals surface area (Å²) in [7, 11) is 0. The maximum Gasteiger partial charge on any atom is 0.269 e. The summed E-state index contributed by atoms with van der Waals surface area (Å²) in [6, 6.07) is 10.6. The van der Waals surface area contributed by atoms with Crippen molar-refractivity contribution in [2.24, 2.45) is 5.73 Å². The minimum absolute atomic E-state index is 0.0184. The molecule has 3 aromatic rings. The van der Waals surface area contributed by atoms with E-state index in [1.54, 1.807) is 49.4 Å². The zero-order valence-electron chi connectivity index (χ0n) is 19.2. The molecule has 4 amide bonds. The Bertz CT molecular complexity index is 1400. The van der Waals surface area contributed by atoms with Gasteiger partial charge < -0.3 is 26.0 Å². The van der Waals surface area contributed by atoms with Crippen LogP contribution in [0.2, 0.25) is 0 Å². The van der Waals surface area contributed by atoms with Crippen molar-refractivity contribution in [3.8, 4) is 5.75 Å². The average molecular weight is 494 g/mol. The molecule has 36 heavy (non-hydrogen) atoms. The Hall–Kier alpha value is -4.48. The van der Waals surface area contributed by atoms with Crippen molar-refractivity contribution in [1.29, 1.82) is 0 Å². The Morgan fingerprint density at radius 3 is 2.78 bits per heavy atom. The van der Waals surface area contributed by atoms with Gasteiger partial charge in [-0.25, -0.2) is 4.39 Å². The second kappa shape index (κ2) is 8.95. The molecule has 2 aliphatic heterocycles. The van der Waals surface area contributed by atoms with E-state index >= 15 is 0 Å². The summed E-state index contributed by atoms with van der Waals surface area (Å²) in [5, 5.41) is 10.0. The molecular weight excluding hydrogens is 471 g/mol. The predicted molar refractivity (Wildman–Crippen MR) is 127 cm³/mol. The van der Waals surface area contributed by atoms with Gasteiger partial charge in [0.2, 0.25) is 11.8 Å². The SMILES string of the molecule is CC1Oc2cccc(NC(=O)[C@@H]3C[C@@H](F)CN3C(=O)Cn3nc(C(N)=O)c4ccccc43)c2NC1=O. The first-order valence-electron chi connectivity index (χ1n) is 11.3. The van der Waals surface area contributed by atoms with E-state index in [1.165, 1.54) is 4.68 Å². The number of nitrogens with zero attached hydrogens (tertiary/aromatic N) is 3. The van der Waals surface area contributed by atoms with Crippen LogP contribution in [-0.2, 0) is 20.9 Å². The fourth-order valence-electron chi connectivity index (χ4n) is 4.51. The van der Waals surface area contributed by atoms with Crippen LogP contribution in [0.3, 0.4) is 0 Å². The first kappa shape index (κ1) is 23.3. The minimum atomic E-state index is -1.39. The Morgan fingerprint density at radius 2 is 2.00 bits per heavy atom. The number of carbonyl (C=O) groups excluding carboxylic acids is 4. The number of ether oxygens (including phenoxy) is 1. The van der Waals surface area contributed by atoms with E-state index in [0.29, 0.717) is 22.3 Å². The summed E-state index contributed by atoms with van der Waals surface area (Å²) in [5.74, 6) is -1.87. The van der Waals surface area contributed by atoms with Crippen molar-refractivity contribution in [3.05, 3.63) is 48.2 Å². The highest BCUT2D eigenvalue weighted by atomic mass is 19.1. The number of likely N-dealkylation sites (tertiary alicyclic amines) is 1. The number of aromatic nitrogens is 2. The lowest BCUT2D eigenvalue weighted by molar-refractivity contribution is -0.137. The lowest BCUT2D eigenvalue weighted by atomic mass is 10.1. The molecule has 2 aliphatic rings. The van der Waals surface area contributed by atoms with E-state index in [9.17, 15) is 23.6 Å². The number of benzene rings is 2. The normalized spacial score (nSPS) is 21.0. The minimum Gasteiger partial charge on any atom is -0.479 e. The zero-order chi connectivity index (χ0) is 25.6. The van der Waals surface area contributed by atoms with Crippen LogP contribution in [0.5, 0.6) is 5.75 Å². The summed E-state index contributed by atoms with van der Waals surface area (Å²) in [6.07, 6.45) is -2.26. The number of amides is 4. The Balaban J connectivity index is 1.37. The molecule has 5 rings (SSSR count). The standard InChI is InChI=1S/C24H23FN6O5/c1-12-23(34)28-21-15(6-4-8-18(21)36-12)27-24(35)17-9-13(25)10-30(17)19(32)11-31-16-7-3-2-5-14(16)20(29-31)22(26)33/h2-8,12-13,17H,9-11H2,1H3,(H2,26,33)(H,27,35)(H,28,34)/t12?,13-,17+/m1/s1. The van der Waals surface area contributed by atoms with Crippen LogP contribution in [0.1, 0.15) is 23.8 Å². The van der Waals surface area contributed by atoms with Crippen LogP contribution in [0.4, 0.5) is 15.8 Å². The molecule has 2 aromatic carbocycles. The van der Waals surface area contributed by atoms with E-state index < -0.39 is 36.0 Å². The third-order valence-corrected chi connectivity index (χ3v) is 6.25. The van der Waals surface area contributed by atoms with E-state index in [2.05, 4.69) is 15.7 Å². The van der Waals surface area contributed by atoms with Gasteiger partial charge in [-0.3, -0.25) is 23.9 Å². The third kappa shape index (κ3) is 4.10. The molecule has 0 saturated carbocycles. The molecule has 0 bridgehead atoms. The Morgan fingerprint density at radius 1 is 1.22 bits per heavy atom. The van der Waals surface area contributed by atoms with Gasteiger partial charge in [-0.2, -0.15) is 5.10 Å². The smallest absolute Gasteiger partial charge is 0.269 e. The molecule has 0 aliphatic carbocycles. The van der Waals surface area contributed by atoms with E-state index in [1.807, 2.05) is 0 Å². The van der Waals surface area contributed by atoms with Crippen molar-refractivity contribution in [2.75, 3.05) is 17.2 Å². The molecule has 1 saturated heterocycles. The summed E-state index contributed by atoms with van der Waals surface area (Å²) >= 11 is 0. The number of nitrogens with two attached hydrogens (primary N) is 1. The maximum atomic E-state index is 14.4. The van der Waals surface area contributed by atoms with Gasteiger partial charge in [0.05, 0.1) is 17.7 Å². The highest BCUT2D eigenvalue weighted by molar-refractivity contribution is 6.06. The molecule has 3 atom stereocenters. The van der Waals surface area contributed by atoms with Crippen LogP contribution < -0.4 is 21.1 Å². The van der Waals surface area contributed by atoms with Gasteiger partial charge in [-0.1, -0.05) is 24.3 Å². The van der Waals surface area contributed by atoms with Gasteiger partial charge >= 0.3 is 0 Å². The average Bonchev–Trinajstić information content (AvgIpc) is 3.41. The number of hydrogen-bond donors (Lipinski definition) is 3. The monoisotopic (exact) mass is 494 g/mol. The predicted octanol–water partition coefficient (Wildman–Crippen LogP) is 1.43. The lowest BCUT2D eigenvalue weighted by Gasteiger charge is -2.27. The van der Waals surface area contributed by atoms with Crippen molar-refractivity contribution in [3.63, 3.8) is 0 Å². The van der Waals surface area contributed by atoms with Crippen LogP contribution in [0.25, 0.3) is 10.9 Å². The van der Waals surface area contributed by atoms with Crippen LogP contribution >= 0.6 is 0 Å². The lowest BCUT2D eigenvalue weighted by Crippen LogP contribution is -2.44. The van der Waals surface area contributed by atoms with Crippen molar-refractivity contribution < 1.29 is 28.3 Å². The van der Waals surface area contributed by atoms with Gasteiger partial charge in [-0.05, 0) is 25.1 Å². The van der Waals surface area contributed by atoms with Gasteiger partial charge in [0, 0.05) is 11.8 Å². The number of rotatable bonds is 5. The summed E-state index contributed by atoms with van der Waals surface area (Å²) < 4.78 is 21.3. The largest absolute Gasteiger partial charge is 0.479 e. The second-order valence-electron chi connectivity index (χ2n) is 8.70. The summed E-state index contributed by atoms with van der Waals surface area (Å²) in [5.41, 5.74) is 6.52. The zero-order valence-corrected chi connectivity index (χ0v) is 19.2. The molecule has 1 aromatic heterocycles. The molecule has 0 spiro atoms. The number of nitrogens with one attached hydrogen (secondary N) is 2. The number of carbonyl (C=O) groups is 4. The van der Waals surface area contributed by atoms with E-state index in [-0.39, 0.29) is 36.8 Å². The molecule has 4 N–H and O–H groups in total. The van der Waals surface area contributed by atoms with E-state index in [4.69, 9.17) is 10.5 Å². The molecule has 1 unspecified atom stereocenters. The van der Waals surface area contributed by atoms with Crippen LogP contribution in [-0.4, -0.2) is 63.2 Å². The Labute approximate surface area is 204 Å². The second-order valence-corrected chi connectivity index (χ2v) is 8.70. The van der Waals surface area contributed by atoms with Gasteiger partial charge in [0.15, 0.2) is 11.8 Å². The number of primary amides is 1. The number of alkyl halides is 1. The number of para-hydroxylation sites is 2. The molecule has 3 heterocycles. The van der Waals surface area contributed by atoms with Gasteiger partial charge in [-0.15, -0.1) is 0 Å². The first-order chi connectivity index (χ1) is 17.2.